The number of benzene rings is 2. The average molecular weight is 283 g/mol. The van der Waals surface area contributed by atoms with Gasteiger partial charge in [-0.1, -0.05) is 30.3 Å². The zero-order valence-corrected chi connectivity index (χ0v) is 12.4. The topological polar surface area (TPSA) is 23.5 Å². The van der Waals surface area contributed by atoms with Gasteiger partial charge >= 0.3 is 0 Å². The quantitative estimate of drug-likeness (QED) is 0.784. The number of fused-ring (bicyclic) bond motifs is 1. The van der Waals surface area contributed by atoms with Gasteiger partial charge in [0.25, 0.3) is 0 Å². The minimum absolute atomic E-state index is 0.552. The van der Waals surface area contributed by atoms with Gasteiger partial charge in [-0.05, 0) is 35.2 Å². The first-order valence-electron chi connectivity index (χ1n) is 6.59. The molecule has 0 saturated carbocycles. The second-order valence-electron chi connectivity index (χ2n) is 5.08. The normalized spacial score (nSPS) is 12.6. The third kappa shape index (κ3) is 2.42. The molecule has 0 aliphatic rings. The Bertz CT molecular complexity index is 682. The number of aliphatic hydroxyl groups excluding tert-OH is 1. The highest BCUT2D eigenvalue weighted by Gasteiger charge is 2.13. The van der Waals surface area contributed by atoms with Crippen molar-refractivity contribution in [2.24, 2.45) is 0 Å². The second kappa shape index (κ2) is 5.27. The van der Waals surface area contributed by atoms with E-state index in [0.29, 0.717) is 0 Å². The molecule has 20 heavy (non-hydrogen) atoms. The van der Waals surface area contributed by atoms with Crippen LogP contribution in [0.2, 0.25) is 0 Å². The van der Waals surface area contributed by atoms with Crippen molar-refractivity contribution >= 4 is 27.1 Å². The number of hydrogen-bond acceptors (Lipinski definition) is 3. The smallest absolute Gasteiger partial charge is 0.113 e. The van der Waals surface area contributed by atoms with Crippen LogP contribution < -0.4 is 4.90 Å². The fourth-order valence-electron chi connectivity index (χ4n) is 2.26. The maximum atomic E-state index is 10.5. The SMILES string of the molecule is CN(C)c1ccc(C(O)c2cc3ccccc3s2)cc1. The first kappa shape index (κ1) is 13.2. The molecule has 3 heteroatoms. The van der Waals surface area contributed by atoms with E-state index in [1.165, 1.54) is 10.1 Å². The standard InChI is InChI=1S/C17H17NOS/c1-18(2)14-9-7-12(8-10-14)17(19)16-11-13-5-3-4-6-15(13)20-16/h3-11,17,19H,1-2H3. The van der Waals surface area contributed by atoms with E-state index in [-0.39, 0.29) is 0 Å². The highest BCUT2D eigenvalue weighted by atomic mass is 32.1. The number of rotatable bonds is 3. The Morgan fingerprint density at radius 2 is 1.70 bits per heavy atom. The Hall–Kier alpha value is -1.84. The lowest BCUT2D eigenvalue weighted by atomic mass is 10.1. The van der Waals surface area contributed by atoms with Gasteiger partial charge in [0.1, 0.15) is 6.10 Å². The number of anilines is 1. The van der Waals surface area contributed by atoms with Crippen molar-refractivity contribution in [1.82, 2.24) is 0 Å². The third-order valence-corrected chi connectivity index (χ3v) is 4.61. The van der Waals surface area contributed by atoms with E-state index in [1.54, 1.807) is 11.3 Å². The van der Waals surface area contributed by atoms with Crippen molar-refractivity contribution in [1.29, 1.82) is 0 Å². The predicted octanol–water partition coefficient (Wildman–Crippen LogP) is 4.05. The highest BCUT2D eigenvalue weighted by molar-refractivity contribution is 7.19. The van der Waals surface area contributed by atoms with Crippen LogP contribution in [0.3, 0.4) is 0 Å². The van der Waals surface area contributed by atoms with Gasteiger partial charge in [0.2, 0.25) is 0 Å². The second-order valence-corrected chi connectivity index (χ2v) is 6.19. The number of hydrogen-bond donors (Lipinski definition) is 1. The molecule has 1 heterocycles. The van der Waals surface area contributed by atoms with Crippen molar-refractivity contribution in [2.75, 3.05) is 19.0 Å². The number of thiophene rings is 1. The molecule has 102 valence electrons. The van der Waals surface area contributed by atoms with Crippen LogP contribution in [0.4, 0.5) is 5.69 Å². The molecule has 0 fully saturated rings. The Labute approximate surface area is 122 Å². The Balaban J connectivity index is 1.93. The van der Waals surface area contributed by atoms with Crippen LogP contribution in [0, 0.1) is 0 Å². The van der Waals surface area contributed by atoms with Crippen LogP contribution in [-0.2, 0) is 0 Å². The molecule has 3 rings (SSSR count). The monoisotopic (exact) mass is 283 g/mol. The van der Waals surface area contributed by atoms with Crippen LogP contribution >= 0.6 is 11.3 Å². The molecule has 0 spiro atoms. The van der Waals surface area contributed by atoms with E-state index >= 15 is 0 Å². The molecule has 0 saturated heterocycles. The molecule has 1 aromatic heterocycles. The van der Waals surface area contributed by atoms with Crippen molar-refractivity contribution in [2.45, 2.75) is 6.10 Å². The maximum absolute atomic E-state index is 10.5. The van der Waals surface area contributed by atoms with E-state index in [9.17, 15) is 5.11 Å². The summed E-state index contributed by atoms with van der Waals surface area (Å²) < 4.78 is 1.21. The molecule has 1 atom stereocenters. The lowest BCUT2D eigenvalue weighted by Gasteiger charge is -2.14. The zero-order chi connectivity index (χ0) is 14.1. The summed E-state index contributed by atoms with van der Waals surface area (Å²) in [6, 6.07) is 18.3. The molecule has 0 bridgehead atoms. The molecule has 1 unspecified atom stereocenters. The summed E-state index contributed by atoms with van der Waals surface area (Å²) in [5.41, 5.74) is 2.07. The molecular formula is C17H17NOS. The van der Waals surface area contributed by atoms with Gasteiger partial charge in [0, 0.05) is 29.4 Å². The minimum Gasteiger partial charge on any atom is -0.383 e. The number of aliphatic hydroxyl groups is 1. The molecule has 0 aliphatic carbocycles. The van der Waals surface area contributed by atoms with Crippen LogP contribution in [-0.4, -0.2) is 19.2 Å². The molecule has 2 nitrogen and oxygen atoms in total. The molecule has 3 aromatic rings. The lowest BCUT2D eigenvalue weighted by Crippen LogP contribution is -2.08. The molecule has 0 aliphatic heterocycles. The third-order valence-electron chi connectivity index (χ3n) is 3.44. The summed E-state index contributed by atoms with van der Waals surface area (Å²) in [6.07, 6.45) is -0.552. The van der Waals surface area contributed by atoms with E-state index in [1.807, 2.05) is 50.5 Å². The Morgan fingerprint density at radius 1 is 1.00 bits per heavy atom. The fraction of sp³-hybridized carbons (Fsp3) is 0.176. The van der Waals surface area contributed by atoms with Crippen molar-refractivity contribution in [3.05, 3.63) is 65.0 Å². The first-order chi connectivity index (χ1) is 9.65. The Kier molecular flexibility index (Phi) is 3.47. The molecule has 0 amide bonds. The van der Waals surface area contributed by atoms with Gasteiger partial charge in [0.15, 0.2) is 0 Å². The van der Waals surface area contributed by atoms with E-state index in [0.717, 1.165) is 16.1 Å². The molecule has 1 N–H and O–H groups in total. The van der Waals surface area contributed by atoms with Gasteiger partial charge in [-0.15, -0.1) is 11.3 Å². The summed E-state index contributed by atoms with van der Waals surface area (Å²) in [5.74, 6) is 0. The largest absolute Gasteiger partial charge is 0.383 e. The van der Waals surface area contributed by atoms with Crippen LogP contribution in [0.25, 0.3) is 10.1 Å². The van der Waals surface area contributed by atoms with Crippen molar-refractivity contribution < 1.29 is 5.11 Å². The van der Waals surface area contributed by atoms with E-state index in [2.05, 4.69) is 23.1 Å². The maximum Gasteiger partial charge on any atom is 0.113 e. The van der Waals surface area contributed by atoms with Gasteiger partial charge < -0.3 is 10.0 Å². The van der Waals surface area contributed by atoms with Crippen molar-refractivity contribution in [3.63, 3.8) is 0 Å². The van der Waals surface area contributed by atoms with E-state index in [4.69, 9.17) is 0 Å². The van der Waals surface area contributed by atoms with Crippen LogP contribution in [0.15, 0.2) is 54.6 Å². The first-order valence-corrected chi connectivity index (χ1v) is 7.40. The highest BCUT2D eigenvalue weighted by Crippen LogP contribution is 2.33. The summed E-state index contributed by atoms with van der Waals surface area (Å²) >= 11 is 1.65. The summed E-state index contributed by atoms with van der Waals surface area (Å²) in [5, 5.41) is 11.7. The lowest BCUT2D eigenvalue weighted by molar-refractivity contribution is 0.224. The number of nitrogens with zero attached hydrogens (tertiary/aromatic N) is 1. The fourth-order valence-corrected chi connectivity index (χ4v) is 3.34. The van der Waals surface area contributed by atoms with Gasteiger partial charge in [0.05, 0.1) is 0 Å². The van der Waals surface area contributed by atoms with Gasteiger partial charge in [-0.2, -0.15) is 0 Å². The van der Waals surface area contributed by atoms with Crippen LogP contribution in [0.5, 0.6) is 0 Å². The van der Waals surface area contributed by atoms with Crippen LogP contribution in [0.1, 0.15) is 16.5 Å². The van der Waals surface area contributed by atoms with Crippen molar-refractivity contribution in [3.8, 4) is 0 Å². The molecular weight excluding hydrogens is 266 g/mol. The summed E-state index contributed by atoms with van der Waals surface area (Å²) in [4.78, 5) is 3.04. The van der Waals surface area contributed by atoms with E-state index < -0.39 is 6.10 Å². The zero-order valence-electron chi connectivity index (χ0n) is 11.6. The Morgan fingerprint density at radius 3 is 2.35 bits per heavy atom. The average Bonchev–Trinajstić information content (AvgIpc) is 2.90. The molecule has 0 radical (unpaired) electrons. The molecule has 2 aromatic carbocycles. The summed E-state index contributed by atoms with van der Waals surface area (Å²) in [6.45, 7) is 0. The predicted molar refractivity (Wildman–Crippen MR) is 86.7 cm³/mol. The minimum atomic E-state index is -0.552. The van der Waals surface area contributed by atoms with Gasteiger partial charge in [-0.25, -0.2) is 0 Å². The summed E-state index contributed by atoms with van der Waals surface area (Å²) in [7, 11) is 4.02. The van der Waals surface area contributed by atoms with Gasteiger partial charge in [-0.3, -0.25) is 0 Å².